The first kappa shape index (κ1) is 76.4. The third-order valence-electron chi connectivity index (χ3n) is 13.4. The second kappa shape index (κ2) is 61.5. The summed E-state index contributed by atoms with van der Waals surface area (Å²) in [6.07, 6.45) is 85.4. The van der Waals surface area contributed by atoms with E-state index in [9.17, 15) is 19.5 Å². The summed E-state index contributed by atoms with van der Waals surface area (Å²) in [5.74, 6) is -2.05. The van der Waals surface area contributed by atoms with E-state index in [1.54, 1.807) is 0 Å². The summed E-state index contributed by atoms with van der Waals surface area (Å²) < 4.78 is 22.9. The van der Waals surface area contributed by atoms with Gasteiger partial charge in [0.1, 0.15) is 13.2 Å². The number of carboxylic acids is 1. The number of carbonyl (C=O) groups is 3. The molecule has 9 nitrogen and oxygen atoms in total. The van der Waals surface area contributed by atoms with Gasteiger partial charge in [-0.1, -0.05) is 250 Å². The number of aliphatic carboxylic acids is 1. The predicted octanol–water partition coefficient (Wildman–Crippen LogP) is 19.8. The molecule has 0 aromatic carbocycles. The van der Waals surface area contributed by atoms with Crippen molar-refractivity contribution in [2.75, 3.05) is 47.5 Å². The summed E-state index contributed by atoms with van der Waals surface area (Å²) in [7, 11) is 5.95. The monoisotopic (exact) mass is 1130 g/mol. The molecule has 2 atom stereocenters. The number of unbranched alkanes of at least 4 members (excludes halogenated alkanes) is 21. The lowest BCUT2D eigenvalue weighted by Crippen LogP contribution is -2.40. The molecule has 0 saturated carbocycles. The largest absolute Gasteiger partial charge is 0.477 e. The molecule has 0 fully saturated rings. The van der Waals surface area contributed by atoms with Gasteiger partial charge in [0.25, 0.3) is 6.29 Å². The van der Waals surface area contributed by atoms with Crippen molar-refractivity contribution in [3.05, 3.63) is 134 Å². The van der Waals surface area contributed by atoms with E-state index in [-0.39, 0.29) is 38.6 Å². The molecule has 0 aliphatic carbocycles. The third kappa shape index (κ3) is 62.9. The summed E-state index contributed by atoms with van der Waals surface area (Å²) in [5.41, 5.74) is 0. The molecule has 0 spiro atoms. The Kier molecular flexibility index (Phi) is 58.0. The fourth-order valence-corrected chi connectivity index (χ4v) is 8.45. The minimum Gasteiger partial charge on any atom is -0.477 e. The number of carbonyl (C=O) groups excluding carboxylic acids is 2. The number of allylic oxidation sites excluding steroid dienone is 22. The molecule has 9 heteroatoms. The third-order valence-corrected chi connectivity index (χ3v) is 13.4. The van der Waals surface area contributed by atoms with Gasteiger partial charge in [-0.25, -0.2) is 4.79 Å². The van der Waals surface area contributed by atoms with Crippen molar-refractivity contribution in [1.82, 2.24) is 0 Å². The average Bonchev–Trinajstić information content (AvgIpc) is 3.44. The van der Waals surface area contributed by atoms with Crippen LogP contribution in [0.2, 0.25) is 0 Å². The first-order chi connectivity index (χ1) is 39.6. The van der Waals surface area contributed by atoms with Gasteiger partial charge in [0.15, 0.2) is 6.10 Å². The number of quaternary nitrogens is 1. The van der Waals surface area contributed by atoms with Crippen molar-refractivity contribution < 1.29 is 42.9 Å². The SMILES string of the molecule is CC/C=C\C/C=C\C/C=C\C/C=C\C/C=C\C/C=C\C/C=C\C/C=C\C/C=C\C/C=C\CCCCCCC(=O)OC(COC(=O)CCCCCCCCCCC/C=C\CCCCCCCCCC)COC(OCC[N+](C)(C)C)C(=O)O. The molecule has 0 aromatic heterocycles. The van der Waals surface area contributed by atoms with Gasteiger partial charge in [-0.15, -0.1) is 0 Å². The van der Waals surface area contributed by atoms with E-state index >= 15 is 0 Å². The maximum atomic E-state index is 12.9. The number of rotatable bonds is 58. The lowest BCUT2D eigenvalue weighted by atomic mass is 10.1. The first-order valence-electron chi connectivity index (χ1n) is 32.3. The minimum atomic E-state index is -1.53. The quantitative estimate of drug-likeness (QED) is 0.0211. The molecular formula is C72H120NO8+. The maximum Gasteiger partial charge on any atom is 0.361 e. The van der Waals surface area contributed by atoms with Crippen LogP contribution >= 0.6 is 0 Å². The smallest absolute Gasteiger partial charge is 0.361 e. The van der Waals surface area contributed by atoms with E-state index in [2.05, 4.69) is 148 Å². The van der Waals surface area contributed by atoms with Gasteiger partial charge in [0.05, 0.1) is 34.4 Å². The minimum absolute atomic E-state index is 0.175. The van der Waals surface area contributed by atoms with Crippen LogP contribution in [-0.2, 0) is 33.3 Å². The van der Waals surface area contributed by atoms with E-state index in [4.69, 9.17) is 18.9 Å². The highest BCUT2D eigenvalue weighted by atomic mass is 16.7. The van der Waals surface area contributed by atoms with Crippen LogP contribution in [0.4, 0.5) is 0 Å². The topological polar surface area (TPSA) is 108 Å². The summed E-state index contributed by atoms with van der Waals surface area (Å²) in [5, 5.41) is 9.72. The Morgan fingerprint density at radius 2 is 0.704 bits per heavy atom. The van der Waals surface area contributed by atoms with Crippen LogP contribution < -0.4 is 0 Å². The van der Waals surface area contributed by atoms with Crippen LogP contribution in [0.1, 0.15) is 245 Å². The van der Waals surface area contributed by atoms with E-state index in [1.165, 1.54) is 103 Å². The van der Waals surface area contributed by atoms with Gasteiger partial charge < -0.3 is 28.5 Å². The number of nitrogens with zero attached hydrogens (tertiary/aromatic N) is 1. The Labute approximate surface area is 497 Å². The van der Waals surface area contributed by atoms with Gasteiger partial charge >= 0.3 is 17.9 Å². The molecule has 0 heterocycles. The molecule has 1 N–H and O–H groups in total. The summed E-state index contributed by atoms with van der Waals surface area (Å²) >= 11 is 0. The van der Waals surface area contributed by atoms with Crippen LogP contribution in [0.15, 0.2) is 134 Å². The number of likely N-dealkylation sites (N-methyl/N-ethyl adjacent to an activating group) is 1. The molecule has 0 saturated heterocycles. The number of hydrogen-bond donors (Lipinski definition) is 1. The zero-order valence-electron chi connectivity index (χ0n) is 52.4. The van der Waals surface area contributed by atoms with E-state index in [0.29, 0.717) is 17.4 Å². The maximum absolute atomic E-state index is 12.9. The molecule has 0 rings (SSSR count). The lowest BCUT2D eigenvalue weighted by molar-refractivity contribution is -0.870. The van der Waals surface area contributed by atoms with Crippen molar-refractivity contribution in [3.63, 3.8) is 0 Å². The van der Waals surface area contributed by atoms with Crippen molar-refractivity contribution in [2.24, 2.45) is 0 Å². The highest BCUT2D eigenvalue weighted by molar-refractivity contribution is 5.71. The van der Waals surface area contributed by atoms with Gasteiger partial charge in [-0.3, -0.25) is 9.59 Å². The highest BCUT2D eigenvalue weighted by Gasteiger charge is 2.25. The first-order valence-corrected chi connectivity index (χ1v) is 32.3. The van der Waals surface area contributed by atoms with Gasteiger partial charge in [0, 0.05) is 12.8 Å². The molecule has 0 aromatic rings. The molecule has 0 radical (unpaired) electrons. The van der Waals surface area contributed by atoms with Crippen molar-refractivity contribution in [2.45, 2.75) is 257 Å². The summed E-state index contributed by atoms with van der Waals surface area (Å²) in [4.78, 5) is 37.5. The summed E-state index contributed by atoms with van der Waals surface area (Å²) in [6, 6.07) is 0. The Morgan fingerprint density at radius 1 is 0.383 bits per heavy atom. The van der Waals surface area contributed by atoms with Crippen molar-refractivity contribution in [3.8, 4) is 0 Å². The lowest BCUT2D eigenvalue weighted by Gasteiger charge is -2.25. The van der Waals surface area contributed by atoms with Gasteiger partial charge in [0.2, 0.25) is 0 Å². The molecule has 460 valence electrons. The average molecular weight is 1130 g/mol. The van der Waals surface area contributed by atoms with Crippen LogP contribution in [0.3, 0.4) is 0 Å². The van der Waals surface area contributed by atoms with Crippen LogP contribution in [0, 0.1) is 0 Å². The zero-order chi connectivity index (χ0) is 59.1. The van der Waals surface area contributed by atoms with Crippen LogP contribution in [0.5, 0.6) is 0 Å². The molecule has 0 aliphatic heterocycles. The molecule has 0 amide bonds. The Balaban J connectivity index is 4.29. The summed E-state index contributed by atoms with van der Waals surface area (Å²) in [6.45, 7) is 4.73. The fourth-order valence-electron chi connectivity index (χ4n) is 8.45. The van der Waals surface area contributed by atoms with Crippen molar-refractivity contribution in [1.29, 1.82) is 0 Å². The highest BCUT2D eigenvalue weighted by Crippen LogP contribution is 2.15. The van der Waals surface area contributed by atoms with Crippen LogP contribution in [0.25, 0.3) is 0 Å². The molecule has 0 aliphatic rings. The van der Waals surface area contributed by atoms with E-state index in [1.807, 2.05) is 21.1 Å². The second-order valence-corrected chi connectivity index (χ2v) is 22.3. The number of hydrogen-bond acceptors (Lipinski definition) is 7. The van der Waals surface area contributed by atoms with Gasteiger partial charge in [-0.05, 0) is 116 Å². The standard InChI is InChI=1S/C72H119NO8/c1-6-8-10-12-14-16-18-20-22-24-26-28-29-30-31-32-33-34-35-36-37-38-39-40-41-43-45-47-49-51-53-55-57-59-61-63-70(75)81-68(67-80-72(71(76)77)78-65-64-73(3,4)5)66-79-69(74)62-60-58-56-54-52-50-48-46-44-42-27-25-23-21-19-17-15-13-11-9-7-2/h8,10,14,16,20,22,25-28,30-31,33-34,36-37,39-40,43,45,49,51,68,72H,6-7,9,11-13,15,17-19,21,23-24,29,32,35,38,41-42,44,46-48,50,52-67H2,1-5H3/p+1/b10-8-,16-14-,22-20-,27-25-,28-26-,31-30-,34-33-,37-36-,40-39-,45-43-,51-49-. The normalized spacial score (nSPS) is 13.6. The Morgan fingerprint density at radius 3 is 1.06 bits per heavy atom. The van der Waals surface area contributed by atoms with Crippen molar-refractivity contribution >= 4 is 17.9 Å². The number of carboxylic acid groups (broad SMARTS) is 1. The fraction of sp³-hybridized carbons (Fsp3) is 0.653. The number of esters is 2. The predicted molar refractivity (Wildman–Crippen MR) is 345 cm³/mol. The Hall–Kier alpha value is -4.57. The molecule has 0 bridgehead atoms. The molecule has 81 heavy (non-hydrogen) atoms. The van der Waals surface area contributed by atoms with Crippen LogP contribution in [-0.4, -0.2) is 87.4 Å². The molecular weight excluding hydrogens is 1010 g/mol. The second-order valence-electron chi connectivity index (χ2n) is 22.3. The number of ether oxygens (including phenoxy) is 4. The van der Waals surface area contributed by atoms with E-state index < -0.39 is 24.3 Å². The van der Waals surface area contributed by atoms with E-state index in [0.717, 1.165) is 109 Å². The zero-order valence-corrected chi connectivity index (χ0v) is 52.4. The van der Waals surface area contributed by atoms with Gasteiger partial charge in [-0.2, -0.15) is 0 Å². The molecule has 2 unspecified atom stereocenters. The Bertz CT molecular complexity index is 1790.